The molecule has 1 amide bonds. The van der Waals surface area contributed by atoms with Gasteiger partial charge in [0.1, 0.15) is 6.54 Å². The number of hydrogen-bond acceptors (Lipinski definition) is 1. The smallest absolute Gasteiger partial charge is 0.244 e. The predicted molar refractivity (Wildman–Crippen MR) is 84.7 cm³/mol. The van der Waals surface area contributed by atoms with Crippen molar-refractivity contribution in [2.75, 3.05) is 5.32 Å². The number of amides is 1. The van der Waals surface area contributed by atoms with Gasteiger partial charge in [0.25, 0.3) is 0 Å². The molecule has 0 atom stereocenters. The quantitative estimate of drug-likeness (QED) is 0.773. The van der Waals surface area contributed by atoms with Gasteiger partial charge in [0, 0.05) is 21.9 Å². The number of carbonyl (C=O) groups is 1. The summed E-state index contributed by atoms with van der Waals surface area (Å²) < 4.78 is 2.94. The van der Waals surface area contributed by atoms with E-state index in [0.717, 1.165) is 21.1 Å². The number of anilines is 1. The van der Waals surface area contributed by atoms with Gasteiger partial charge in [-0.15, -0.1) is 0 Å². The molecule has 20 heavy (non-hydrogen) atoms. The molecule has 0 fully saturated rings. The first-order valence-electron chi connectivity index (χ1n) is 6.32. The molecular weight excluding hydrogens is 316 g/mol. The Morgan fingerprint density at radius 3 is 2.60 bits per heavy atom. The van der Waals surface area contributed by atoms with Gasteiger partial charge in [-0.2, -0.15) is 0 Å². The van der Waals surface area contributed by atoms with Crippen LogP contribution in [0.5, 0.6) is 0 Å². The van der Waals surface area contributed by atoms with E-state index in [9.17, 15) is 4.79 Å². The van der Waals surface area contributed by atoms with Crippen LogP contribution >= 0.6 is 15.9 Å². The van der Waals surface area contributed by atoms with E-state index in [0.29, 0.717) is 6.54 Å². The fourth-order valence-electron chi connectivity index (χ4n) is 2.17. The minimum atomic E-state index is -0.0336. The fraction of sp³-hybridized carbons (Fsp3) is 0.0625. The third-order valence-electron chi connectivity index (χ3n) is 3.12. The molecule has 1 N–H and O–H groups in total. The molecule has 0 unspecified atom stereocenters. The summed E-state index contributed by atoms with van der Waals surface area (Å²) in [5.74, 6) is -0.0336. The topological polar surface area (TPSA) is 34.0 Å². The van der Waals surface area contributed by atoms with Gasteiger partial charge >= 0.3 is 0 Å². The Kier molecular flexibility index (Phi) is 3.56. The van der Waals surface area contributed by atoms with E-state index in [2.05, 4.69) is 21.2 Å². The molecule has 0 radical (unpaired) electrons. The van der Waals surface area contributed by atoms with E-state index in [-0.39, 0.29) is 5.91 Å². The van der Waals surface area contributed by atoms with Gasteiger partial charge in [-0.1, -0.05) is 34.1 Å². The van der Waals surface area contributed by atoms with E-state index in [4.69, 9.17) is 0 Å². The van der Waals surface area contributed by atoms with Crippen molar-refractivity contribution in [3.05, 3.63) is 65.3 Å². The lowest BCUT2D eigenvalue weighted by atomic mass is 10.2. The summed E-state index contributed by atoms with van der Waals surface area (Å²) in [6.07, 6.45) is 1.94. The summed E-state index contributed by atoms with van der Waals surface area (Å²) in [4.78, 5) is 12.1. The molecule has 4 heteroatoms. The van der Waals surface area contributed by atoms with Crippen molar-refractivity contribution in [2.45, 2.75) is 6.54 Å². The monoisotopic (exact) mass is 328 g/mol. The highest BCUT2D eigenvalue weighted by Gasteiger charge is 2.06. The second kappa shape index (κ2) is 5.51. The molecule has 3 nitrogen and oxygen atoms in total. The Morgan fingerprint density at radius 1 is 1.05 bits per heavy atom. The van der Waals surface area contributed by atoms with Crippen LogP contribution in [0.3, 0.4) is 0 Å². The number of nitrogens with one attached hydrogen (secondary N) is 1. The highest BCUT2D eigenvalue weighted by molar-refractivity contribution is 9.10. The van der Waals surface area contributed by atoms with Crippen molar-refractivity contribution < 1.29 is 4.79 Å². The number of nitrogens with zero attached hydrogens (tertiary/aromatic N) is 1. The van der Waals surface area contributed by atoms with Crippen molar-refractivity contribution in [1.82, 2.24) is 4.57 Å². The first-order chi connectivity index (χ1) is 9.72. The molecule has 2 aromatic carbocycles. The summed E-state index contributed by atoms with van der Waals surface area (Å²) in [5, 5.41) is 4.03. The molecule has 100 valence electrons. The van der Waals surface area contributed by atoms with Crippen LogP contribution < -0.4 is 5.32 Å². The van der Waals surface area contributed by atoms with Crippen LogP contribution in [0.4, 0.5) is 5.69 Å². The van der Waals surface area contributed by atoms with E-state index in [1.807, 2.05) is 65.4 Å². The molecular formula is C16H13BrN2O. The number of halogens is 1. The summed E-state index contributed by atoms with van der Waals surface area (Å²) >= 11 is 3.37. The van der Waals surface area contributed by atoms with Gasteiger partial charge < -0.3 is 9.88 Å². The lowest BCUT2D eigenvalue weighted by Crippen LogP contribution is -2.18. The average Bonchev–Trinajstić information content (AvgIpc) is 2.85. The molecule has 1 aromatic heterocycles. The maximum absolute atomic E-state index is 12.1. The Hall–Kier alpha value is -2.07. The first-order valence-corrected chi connectivity index (χ1v) is 7.11. The minimum absolute atomic E-state index is 0.0336. The molecule has 3 rings (SSSR count). The molecule has 0 aliphatic rings. The summed E-state index contributed by atoms with van der Waals surface area (Å²) in [7, 11) is 0. The summed E-state index contributed by atoms with van der Waals surface area (Å²) in [6.45, 7) is 0.309. The van der Waals surface area contributed by atoms with E-state index in [1.165, 1.54) is 0 Å². The zero-order valence-electron chi connectivity index (χ0n) is 10.7. The van der Waals surface area contributed by atoms with Crippen LogP contribution in [0.1, 0.15) is 0 Å². The largest absolute Gasteiger partial charge is 0.338 e. The number of carbonyl (C=O) groups excluding carboxylic acids is 1. The zero-order valence-corrected chi connectivity index (χ0v) is 12.3. The van der Waals surface area contributed by atoms with Gasteiger partial charge in [0.2, 0.25) is 5.91 Å². The average molecular weight is 329 g/mol. The van der Waals surface area contributed by atoms with Gasteiger partial charge in [-0.05, 0) is 41.8 Å². The molecule has 0 spiro atoms. The van der Waals surface area contributed by atoms with Crippen LogP contribution in [0.25, 0.3) is 10.9 Å². The Bertz CT molecular complexity index is 747. The number of rotatable bonds is 3. The molecule has 0 saturated heterocycles. The Morgan fingerprint density at radius 2 is 1.80 bits per heavy atom. The number of aromatic nitrogens is 1. The molecule has 0 bridgehead atoms. The highest BCUT2D eigenvalue weighted by atomic mass is 79.9. The fourth-order valence-corrected chi connectivity index (χ4v) is 2.43. The Balaban J connectivity index is 1.74. The van der Waals surface area contributed by atoms with E-state index < -0.39 is 0 Å². The van der Waals surface area contributed by atoms with Crippen molar-refractivity contribution in [1.29, 1.82) is 0 Å². The van der Waals surface area contributed by atoms with Crippen LogP contribution in [0.2, 0.25) is 0 Å². The number of benzene rings is 2. The second-order valence-electron chi connectivity index (χ2n) is 4.56. The normalized spacial score (nSPS) is 10.7. The van der Waals surface area contributed by atoms with Gasteiger partial charge in [0.05, 0.1) is 0 Å². The SMILES string of the molecule is O=C(Cn1ccc2ccccc21)Nc1ccc(Br)cc1. The van der Waals surface area contributed by atoms with Gasteiger partial charge in [0.15, 0.2) is 0 Å². The molecule has 0 saturated carbocycles. The lowest BCUT2D eigenvalue weighted by Gasteiger charge is -2.07. The van der Waals surface area contributed by atoms with Gasteiger partial charge in [-0.25, -0.2) is 0 Å². The van der Waals surface area contributed by atoms with Crippen molar-refractivity contribution >= 4 is 38.4 Å². The summed E-state index contributed by atoms with van der Waals surface area (Å²) in [5.41, 5.74) is 1.87. The van der Waals surface area contributed by atoms with Crippen LogP contribution in [0.15, 0.2) is 65.3 Å². The molecule has 0 aliphatic heterocycles. The standard InChI is InChI=1S/C16H13BrN2O/c17-13-5-7-14(8-6-13)18-16(20)11-19-10-9-12-3-1-2-4-15(12)19/h1-10H,11H2,(H,18,20). The van der Waals surface area contributed by atoms with E-state index in [1.54, 1.807) is 0 Å². The third kappa shape index (κ3) is 2.75. The van der Waals surface area contributed by atoms with Crippen molar-refractivity contribution in [3.63, 3.8) is 0 Å². The van der Waals surface area contributed by atoms with Crippen molar-refractivity contribution in [2.24, 2.45) is 0 Å². The lowest BCUT2D eigenvalue weighted by molar-refractivity contribution is -0.116. The first kappa shape index (κ1) is 12.9. The van der Waals surface area contributed by atoms with Gasteiger partial charge in [-0.3, -0.25) is 4.79 Å². The molecule has 3 aromatic rings. The zero-order chi connectivity index (χ0) is 13.9. The minimum Gasteiger partial charge on any atom is -0.338 e. The summed E-state index contributed by atoms with van der Waals surface area (Å²) in [6, 6.07) is 17.6. The number of fused-ring (bicyclic) bond motifs is 1. The maximum atomic E-state index is 12.1. The Labute approximate surface area is 125 Å². The predicted octanol–water partition coefficient (Wildman–Crippen LogP) is 4.04. The van der Waals surface area contributed by atoms with Crippen LogP contribution in [0, 0.1) is 0 Å². The van der Waals surface area contributed by atoms with Crippen LogP contribution in [-0.2, 0) is 11.3 Å². The highest BCUT2D eigenvalue weighted by Crippen LogP contribution is 2.16. The van der Waals surface area contributed by atoms with Crippen molar-refractivity contribution in [3.8, 4) is 0 Å². The molecule has 1 heterocycles. The number of para-hydroxylation sites is 1. The number of hydrogen-bond donors (Lipinski definition) is 1. The third-order valence-corrected chi connectivity index (χ3v) is 3.65. The molecule has 0 aliphatic carbocycles. The van der Waals surface area contributed by atoms with Crippen LogP contribution in [-0.4, -0.2) is 10.5 Å². The second-order valence-corrected chi connectivity index (χ2v) is 5.47. The maximum Gasteiger partial charge on any atom is 0.244 e. The van der Waals surface area contributed by atoms with E-state index >= 15 is 0 Å².